The summed E-state index contributed by atoms with van der Waals surface area (Å²) >= 11 is 1.23. The molecule has 1 aromatic heterocycles. The van der Waals surface area contributed by atoms with Crippen LogP contribution < -0.4 is 14.8 Å². The van der Waals surface area contributed by atoms with Crippen LogP contribution in [-0.4, -0.2) is 32.7 Å². The lowest BCUT2D eigenvalue weighted by atomic mass is 10.1. The molecule has 0 radical (unpaired) electrons. The van der Waals surface area contributed by atoms with E-state index in [1.54, 1.807) is 18.6 Å². The molecule has 1 N–H and O–H groups in total. The van der Waals surface area contributed by atoms with E-state index in [2.05, 4.69) is 5.32 Å². The first-order chi connectivity index (χ1) is 12.1. The minimum Gasteiger partial charge on any atom is -0.493 e. The highest BCUT2D eigenvalue weighted by Gasteiger charge is 2.15. The van der Waals surface area contributed by atoms with Crippen LogP contribution in [0.1, 0.15) is 28.6 Å². The van der Waals surface area contributed by atoms with E-state index in [4.69, 9.17) is 14.2 Å². The number of amides is 1. The van der Waals surface area contributed by atoms with Crippen LogP contribution in [-0.2, 0) is 16.0 Å². The highest BCUT2D eigenvalue weighted by Crippen LogP contribution is 2.28. The van der Waals surface area contributed by atoms with Crippen molar-refractivity contribution in [3.05, 3.63) is 40.1 Å². The quantitative estimate of drug-likeness (QED) is 0.727. The molecular weight excluding hydrogens is 342 g/mol. The van der Waals surface area contributed by atoms with E-state index in [0.29, 0.717) is 35.1 Å². The normalized spacial score (nSPS) is 10.2. The molecule has 0 saturated heterocycles. The summed E-state index contributed by atoms with van der Waals surface area (Å²) in [6, 6.07) is 7.30. The Kier molecular flexibility index (Phi) is 6.82. The third-order valence-electron chi connectivity index (χ3n) is 3.48. The smallest absolute Gasteiger partial charge is 0.350 e. The second-order valence-corrected chi connectivity index (χ2v) is 6.04. The standard InChI is InChI=1S/C18H21NO5S/c1-4-24-14-7-5-12(11-15(14)22-2)6-8-16(20)19-13-9-10-25-17(13)18(21)23-3/h5,7,9-11H,4,6,8H2,1-3H3,(H,19,20). The molecule has 0 saturated carbocycles. The Bertz CT molecular complexity index is 741. The molecule has 1 aromatic carbocycles. The predicted molar refractivity (Wildman–Crippen MR) is 96.8 cm³/mol. The third kappa shape index (κ3) is 4.96. The van der Waals surface area contributed by atoms with E-state index in [0.717, 1.165) is 5.56 Å². The van der Waals surface area contributed by atoms with E-state index < -0.39 is 5.97 Å². The van der Waals surface area contributed by atoms with Crippen LogP contribution in [0.4, 0.5) is 5.69 Å². The van der Waals surface area contributed by atoms with Gasteiger partial charge in [-0.2, -0.15) is 0 Å². The first-order valence-corrected chi connectivity index (χ1v) is 8.72. The van der Waals surface area contributed by atoms with Gasteiger partial charge in [0, 0.05) is 6.42 Å². The first-order valence-electron chi connectivity index (χ1n) is 7.84. The van der Waals surface area contributed by atoms with Crippen LogP contribution in [0.5, 0.6) is 11.5 Å². The first kappa shape index (κ1) is 18.8. The molecule has 134 valence electrons. The second-order valence-electron chi connectivity index (χ2n) is 5.12. The van der Waals surface area contributed by atoms with Crippen LogP contribution in [0.2, 0.25) is 0 Å². The number of carbonyl (C=O) groups excluding carboxylic acids is 2. The maximum atomic E-state index is 12.2. The summed E-state index contributed by atoms with van der Waals surface area (Å²) < 4.78 is 15.5. The Morgan fingerprint density at radius 2 is 1.96 bits per heavy atom. The highest BCUT2D eigenvalue weighted by atomic mass is 32.1. The van der Waals surface area contributed by atoms with Crippen molar-refractivity contribution < 1.29 is 23.8 Å². The molecule has 0 aliphatic rings. The van der Waals surface area contributed by atoms with Crippen LogP contribution in [0.3, 0.4) is 0 Å². The Hall–Kier alpha value is -2.54. The molecule has 1 heterocycles. The number of ether oxygens (including phenoxy) is 3. The van der Waals surface area contributed by atoms with Crippen molar-refractivity contribution in [2.24, 2.45) is 0 Å². The van der Waals surface area contributed by atoms with Gasteiger partial charge in [0.1, 0.15) is 4.88 Å². The van der Waals surface area contributed by atoms with Gasteiger partial charge in [0.15, 0.2) is 11.5 Å². The highest BCUT2D eigenvalue weighted by molar-refractivity contribution is 7.12. The van der Waals surface area contributed by atoms with Gasteiger partial charge in [-0.05, 0) is 42.5 Å². The summed E-state index contributed by atoms with van der Waals surface area (Å²) in [5.41, 5.74) is 1.44. The van der Waals surface area contributed by atoms with Gasteiger partial charge >= 0.3 is 5.97 Å². The van der Waals surface area contributed by atoms with E-state index >= 15 is 0 Å². The fraction of sp³-hybridized carbons (Fsp3) is 0.333. The molecule has 25 heavy (non-hydrogen) atoms. The topological polar surface area (TPSA) is 73.9 Å². The van der Waals surface area contributed by atoms with Crippen molar-refractivity contribution >= 4 is 28.9 Å². The van der Waals surface area contributed by atoms with Gasteiger partial charge in [0.25, 0.3) is 0 Å². The zero-order chi connectivity index (χ0) is 18.2. The molecule has 6 nitrogen and oxygen atoms in total. The number of esters is 1. The fourth-order valence-corrected chi connectivity index (χ4v) is 3.04. The SMILES string of the molecule is CCOc1ccc(CCC(=O)Nc2ccsc2C(=O)OC)cc1OC. The lowest BCUT2D eigenvalue weighted by molar-refractivity contribution is -0.116. The molecule has 0 aliphatic heterocycles. The minimum atomic E-state index is -0.457. The molecule has 1 amide bonds. The number of hydrogen-bond donors (Lipinski definition) is 1. The zero-order valence-corrected chi connectivity index (χ0v) is 15.3. The minimum absolute atomic E-state index is 0.170. The summed E-state index contributed by atoms with van der Waals surface area (Å²) in [5, 5.41) is 4.49. The average Bonchev–Trinajstić information content (AvgIpc) is 3.08. The fourth-order valence-electron chi connectivity index (χ4n) is 2.27. The molecule has 0 bridgehead atoms. The predicted octanol–water partition coefficient (Wildman–Crippen LogP) is 3.51. The largest absolute Gasteiger partial charge is 0.493 e. The second kappa shape index (κ2) is 9.08. The molecule has 0 unspecified atom stereocenters. The van der Waals surface area contributed by atoms with Crippen molar-refractivity contribution in [2.45, 2.75) is 19.8 Å². The van der Waals surface area contributed by atoms with Gasteiger partial charge < -0.3 is 19.5 Å². The molecular formula is C18H21NO5S. The number of methoxy groups -OCH3 is 2. The lowest BCUT2D eigenvalue weighted by Crippen LogP contribution is -2.14. The Balaban J connectivity index is 1.96. The molecule has 0 spiro atoms. The maximum Gasteiger partial charge on any atom is 0.350 e. The zero-order valence-electron chi connectivity index (χ0n) is 14.5. The van der Waals surface area contributed by atoms with Crippen molar-refractivity contribution in [3.63, 3.8) is 0 Å². The number of anilines is 1. The van der Waals surface area contributed by atoms with Crippen LogP contribution >= 0.6 is 11.3 Å². The number of thiophene rings is 1. The molecule has 7 heteroatoms. The maximum absolute atomic E-state index is 12.2. The molecule has 0 fully saturated rings. The third-order valence-corrected chi connectivity index (χ3v) is 4.37. The van der Waals surface area contributed by atoms with Crippen molar-refractivity contribution in [3.8, 4) is 11.5 Å². The number of nitrogens with one attached hydrogen (secondary N) is 1. The number of benzene rings is 1. The van der Waals surface area contributed by atoms with Gasteiger partial charge in [-0.3, -0.25) is 4.79 Å². The van der Waals surface area contributed by atoms with Gasteiger partial charge in [0.2, 0.25) is 5.91 Å². The van der Waals surface area contributed by atoms with Crippen LogP contribution in [0.15, 0.2) is 29.6 Å². The number of rotatable bonds is 8. The van der Waals surface area contributed by atoms with Gasteiger partial charge in [-0.1, -0.05) is 6.07 Å². The van der Waals surface area contributed by atoms with Crippen molar-refractivity contribution in [1.82, 2.24) is 0 Å². The van der Waals surface area contributed by atoms with E-state index in [-0.39, 0.29) is 12.3 Å². The summed E-state index contributed by atoms with van der Waals surface area (Å²) in [4.78, 5) is 24.2. The van der Waals surface area contributed by atoms with Gasteiger partial charge in [-0.15, -0.1) is 11.3 Å². The summed E-state index contributed by atoms with van der Waals surface area (Å²) in [6.07, 6.45) is 0.833. The van der Waals surface area contributed by atoms with Crippen LogP contribution in [0.25, 0.3) is 0 Å². The Morgan fingerprint density at radius 3 is 2.64 bits per heavy atom. The van der Waals surface area contributed by atoms with Gasteiger partial charge in [0.05, 0.1) is 26.5 Å². The number of hydrogen-bond acceptors (Lipinski definition) is 6. The summed E-state index contributed by atoms with van der Waals surface area (Å²) in [5.74, 6) is 0.697. The van der Waals surface area contributed by atoms with Crippen molar-refractivity contribution in [1.29, 1.82) is 0 Å². The molecule has 0 aliphatic carbocycles. The number of carbonyl (C=O) groups is 2. The van der Waals surface area contributed by atoms with Crippen molar-refractivity contribution in [2.75, 3.05) is 26.1 Å². The molecule has 0 atom stereocenters. The van der Waals surface area contributed by atoms with Crippen LogP contribution in [0, 0.1) is 0 Å². The van der Waals surface area contributed by atoms with E-state index in [9.17, 15) is 9.59 Å². The average molecular weight is 363 g/mol. The summed E-state index contributed by atoms with van der Waals surface area (Å²) in [7, 11) is 2.90. The summed E-state index contributed by atoms with van der Waals surface area (Å²) in [6.45, 7) is 2.46. The molecule has 2 aromatic rings. The Labute approximate surface area is 150 Å². The Morgan fingerprint density at radius 1 is 1.16 bits per heavy atom. The van der Waals surface area contributed by atoms with E-state index in [1.165, 1.54) is 18.4 Å². The number of aryl methyl sites for hydroxylation is 1. The van der Waals surface area contributed by atoms with Gasteiger partial charge in [-0.25, -0.2) is 4.79 Å². The lowest BCUT2D eigenvalue weighted by Gasteiger charge is -2.11. The monoisotopic (exact) mass is 363 g/mol. The van der Waals surface area contributed by atoms with E-state index in [1.807, 2.05) is 25.1 Å². The molecule has 2 rings (SSSR count).